The van der Waals surface area contributed by atoms with Crippen molar-refractivity contribution >= 4 is 23.7 Å². The lowest BCUT2D eigenvalue weighted by Crippen LogP contribution is -2.17. The van der Waals surface area contributed by atoms with Crippen molar-refractivity contribution in [2.75, 3.05) is 11.9 Å². The second kappa shape index (κ2) is 9.88. The summed E-state index contributed by atoms with van der Waals surface area (Å²) >= 11 is 0. The molecule has 3 N–H and O–H groups in total. The van der Waals surface area contributed by atoms with Gasteiger partial charge in [-0.05, 0) is 67.1 Å². The van der Waals surface area contributed by atoms with Crippen LogP contribution in [0.3, 0.4) is 0 Å². The molecule has 0 atom stereocenters. The van der Waals surface area contributed by atoms with Crippen LogP contribution in [0.1, 0.15) is 33.2 Å². The molecule has 7 nitrogen and oxygen atoms in total. The van der Waals surface area contributed by atoms with E-state index in [1.165, 1.54) is 12.3 Å². The molecule has 0 aliphatic heterocycles. The molecule has 0 saturated heterocycles. The summed E-state index contributed by atoms with van der Waals surface area (Å²) in [5.74, 6) is -0.230. The number of carbonyl (C=O) groups is 2. The molecule has 0 aliphatic carbocycles. The van der Waals surface area contributed by atoms with Gasteiger partial charge in [-0.3, -0.25) is 9.59 Å². The molecule has 0 heterocycles. The van der Waals surface area contributed by atoms with Gasteiger partial charge in [0.1, 0.15) is 0 Å². The molecule has 0 aliphatic rings. The van der Waals surface area contributed by atoms with E-state index in [2.05, 4.69) is 15.8 Å². The lowest BCUT2D eigenvalue weighted by atomic mass is 10.1. The van der Waals surface area contributed by atoms with Gasteiger partial charge in [0, 0.05) is 16.8 Å². The number of nitrogens with zero attached hydrogens (tertiary/aromatic N) is 1. The van der Waals surface area contributed by atoms with Crippen LogP contribution in [0.5, 0.6) is 11.5 Å². The zero-order valence-corrected chi connectivity index (χ0v) is 16.3. The summed E-state index contributed by atoms with van der Waals surface area (Å²) in [6.07, 6.45) is 1.45. The highest BCUT2D eigenvalue weighted by Crippen LogP contribution is 2.26. The molecule has 152 valence electrons. The Hall–Kier alpha value is -4.13. The number of aromatic hydroxyl groups is 1. The summed E-state index contributed by atoms with van der Waals surface area (Å²) in [5, 5.41) is 16.4. The van der Waals surface area contributed by atoms with Crippen molar-refractivity contribution in [3.8, 4) is 11.5 Å². The molecule has 0 unspecified atom stereocenters. The Morgan fingerprint density at radius 1 is 0.967 bits per heavy atom. The van der Waals surface area contributed by atoms with Crippen LogP contribution < -0.4 is 15.5 Å². The first-order valence-corrected chi connectivity index (χ1v) is 9.32. The molecule has 2 amide bonds. The first kappa shape index (κ1) is 20.6. The van der Waals surface area contributed by atoms with Crippen molar-refractivity contribution < 1.29 is 19.4 Å². The average Bonchev–Trinajstić information content (AvgIpc) is 2.77. The smallest absolute Gasteiger partial charge is 0.271 e. The minimum atomic E-state index is -0.393. The quantitative estimate of drug-likeness (QED) is 0.413. The number of phenolic OH excluding ortho intramolecular Hbond substituents is 1. The third-order valence-corrected chi connectivity index (χ3v) is 4.10. The summed E-state index contributed by atoms with van der Waals surface area (Å²) in [5.41, 5.74) is 4.63. The van der Waals surface area contributed by atoms with E-state index in [0.29, 0.717) is 34.7 Å². The van der Waals surface area contributed by atoms with Crippen molar-refractivity contribution in [2.45, 2.75) is 6.92 Å². The molecule has 3 aromatic carbocycles. The monoisotopic (exact) mass is 403 g/mol. The van der Waals surface area contributed by atoms with E-state index in [1.807, 2.05) is 13.0 Å². The lowest BCUT2D eigenvalue weighted by molar-refractivity contribution is 0.0954. The van der Waals surface area contributed by atoms with Crippen molar-refractivity contribution in [1.29, 1.82) is 0 Å². The van der Waals surface area contributed by atoms with E-state index in [1.54, 1.807) is 60.7 Å². The summed E-state index contributed by atoms with van der Waals surface area (Å²) < 4.78 is 5.31. The van der Waals surface area contributed by atoms with Crippen molar-refractivity contribution in [3.63, 3.8) is 0 Å². The van der Waals surface area contributed by atoms with E-state index < -0.39 is 5.91 Å². The van der Waals surface area contributed by atoms with Gasteiger partial charge < -0.3 is 15.2 Å². The van der Waals surface area contributed by atoms with E-state index in [4.69, 9.17) is 4.74 Å². The first-order valence-electron chi connectivity index (χ1n) is 9.32. The summed E-state index contributed by atoms with van der Waals surface area (Å²) in [7, 11) is 0. The fourth-order valence-corrected chi connectivity index (χ4v) is 2.61. The van der Waals surface area contributed by atoms with Crippen LogP contribution in [-0.4, -0.2) is 29.7 Å². The number of rotatable bonds is 7. The Labute approximate surface area is 174 Å². The number of phenols is 1. The molecule has 0 fully saturated rings. The maximum Gasteiger partial charge on any atom is 0.271 e. The van der Waals surface area contributed by atoms with Gasteiger partial charge in [-0.1, -0.05) is 18.2 Å². The molecule has 3 rings (SSSR count). The lowest BCUT2D eigenvalue weighted by Gasteiger charge is -2.07. The standard InChI is InChI=1S/C23H21N3O4/c1-2-30-21-14-16(8-13-20(21)27)15-24-26-23(29)18-9-11-19(12-10-18)25-22(28)17-6-4-3-5-7-17/h3-15,27H,2H2,1H3,(H,25,28)(H,26,29)/b24-15-. The third-order valence-electron chi connectivity index (χ3n) is 4.10. The maximum absolute atomic E-state index is 12.2. The molecular formula is C23H21N3O4. The Kier molecular flexibility index (Phi) is 6.78. The molecule has 0 bridgehead atoms. The van der Waals surface area contributed by atoms with Crippen LogP contribution in [-0.2, 0) is 0 Å². The molecule has 3 aromatic rings. The minimum absolute atomic E-state index is 0.0393. The summed E-state index contributed by atoms with van der Waals surface area (Å²) in [6, 6.07) is 20.1. The Morgan fingerprint density at radius 2 is 1.67 bits per heavy atom. The van der Waals surface area contributed by atoms with Crippen LogP contribution in [0, 0.1) is 0 Å². The predicted molar refractivity (Wildman–Crippen MR) is 115 cm³/mol. The van der Waals surface area contributed by atoms with E-state index in [9.17, 15) is 14.7 Å². The second-order valence-corrected chi connectivity index (χ2v) is 6.26. The normalized spacial score (nSPS) is 10.6. The number of nitrogens with one attached hydrogen (secondary N) is 2. The number of ether oxygens (including phenoxy) is 1. The van der Waals surface area contributed by atoms with Gasteiger partial charge in [-0.15, -0.1) is 0 Å². The van der Waals surface area contributed by atoms with Crippen molar-refractivity contribution in [3.05, 3.63) is 89.5 Å². The predicted octanol–water partition coefficient (Wildman–Crippen LogP) is 3.81. The van der Waals surface area contributed by atoms with E-state index >= 15 is 0 Å². The highest BCUT2D eigenvalue weighted by molar-refractivity contribution is 6.04. The zero-order valence-electron chi connectivity index (χ0n) is 16.3. The van der Waals surface area contributed by atoms with E-state index in [0.717, 1.165) is 0 Å². The van der Waals surface area contributed by atoms with E-state index in [-0.39, 0.29) is 11.7 Å². The molecule has 0 spiro atoms. The second-order valence-electron chi connectivity index (χ2n) is 6.26. The highest BCUT2D eigenvalue weighted by atomic mass is 16.5. The molecule has 0 aromatic heterocycles. The SMILES string of the molecule is CCOc1cc(/C=N\NC(=O)c2ccc(NC(=O)c3ccccc3)cc2)ccc1O. The van der Waals surface area contributed by atoms with Crippen LogP contribution in [0.2, 0.25) is 0 Å². The van der Waals surface area contributed by atoms with Gasteiger partial charge in [-0.25, -0.2) is 5.43 Å². The largest absolute Gasteiger partial charge is 0.504 e. The Bertz CT molecular complexity index is 1050. The number of hydrazone groups is 1. The maximum atomic E-state index is 12.2. The molecule has 0 radical (unpaired) electrons. The van der Waals surface area contributed by atoms with Gasteiger partial charge in [-0.2, -0.15) is 5.10 Å². The van der Waals surface area contributed by atoms with Crippen LogP contribution in [0.25, 0.3) is 0 Å². The number of hydrogen-bond donors (Lipinski definition) is 3. The van der Waals surface area contributed by atoms with Crippen LogP contribution >= 0.6 is 0 Å². The summed E-state index contributed by atoms with van der Waals surface area (Å²) in [6.45, 7) is 2.24. The number of amides is 2. The van der Waals surface area contributed by atoms with Crippen LogP contribution in [0.15, 0.2) is 77.9 Å². The van der Waals surface area contributed by atoms with Gasteiger partial charge >= 0.3 is 0 Å². The Morgan fingerprint density at radius 3 is 2.37 bits per heavy atom. The number of anilines is 1. The topological polar surface area (TPSA) is 100 Å². The average molecular weight is 403 g/mol. The fraction of sp³-hybridized carbons (Fsp3) is 0.0870. The highest BCUT2D eigenvalue weighted by Gasteiger charge is 2.08. The third kappa shape index (κ3) is 5.45. The number of hydrogen-bond acceptors (Lipinski definition) is 5. The van der Waals surface area contributed by atoms with Crippen molar-refractivity contribution in [2.24, 2.45) is 5.10 Å². The minimum Gasteiger partial charge on any atom is -0.504 e. The first-order chi connectivity index (χ1) is 14.6. The van der Waals surface area contributed by atoms with Crippen LogP contribution in [0.4, 0.5) is 5.69 Å². The van der Waals surface area contributed by atoms with Gasteiger partial charge in [0.25, 0.3) is 11.8 Å². The molecule has 7 heteroatoms. The molecular weight excluding hydrogens is 382 g/mol. The Balaban J connectivity index is 1.58. The number of benzene rings is 3. The summed E-state index contributed by atoms with van der Waals surface area (Å²) in [4.78, 5) is 24.4. The van der Waals surface area contributed by atoms with Gasteiger partial charge in [0.15, 0.2) is 11.5 Å². The van der Waals surface area contributed by atoms with Gasteiger partial charge in [0.2, 0.25) is 0 Å². The van der Waals surface area contributed by atoms with Gasteiger partial charge in [0.05, 0.1) is 12.8 Å². The molecule has 30 heavy (non-hydrogen) atoms. The van der Waals surface area contributed by atoms with Crippen molar-refractivity contribution in [1.82, 2.24) is 5.43 Å². The molecule has 0 saturated carbocycles. The fourth-order valence-electron chi connectivity index (χ4n) is 2.61. The zero-order chi connectivity index (χ0) is 21.3. The number of carbonyl (C=O) groups excluding carboxylic acids is 2.